The minimum absolute atomic E-state index is 0.512. The number of pyridine rings is 2. The maximum Gasteiger partial charge on any atom is 0.189 e. The summed E-state index contributed by atoms with van der Waals surface area (Å²) in [4.78, 5) is 5.13. The van der Waals surface area contributed by atoms with Gasteiger partial charge in [0.05, 0.1) is 16.3 Å². The molecule has 0 aliphatic heterocycles. The van der Waals surface area contributed by atoms with Gasteiger partial charge in [0.15, 0.2) is 12.4 Å². The predicted molar refractivity (Wildman–Crippen MR) is 91.4 cm³/mol. The molecule has 0 saturated heterocycles. The Labute approximate surface area is 141 Å². The third-order valence-electron chi connectivity index (χ3n) is 3.40. The fourth-order valence-electron chi connectivity index (χ4n) is 2.31. The lowest BCUT2D eigenvalue weighted by Crippen LogP contribution is -2.24. The monoisotopic (exact) mass is 344 g/mol. The minimum atomic E-state index is -1.03. The van der Waals surface area contributed by atoms with Crippen LogP contribution in [0.3, 0.4) is 0 Å². The van der Waals surface area contributed by atoms with Crippen LogP contribution >= 0.6 is 11.6 Å². The first kappa shape index (κ1) is 15.6. The van der Waals surface area contributed by atoms with Gasteiger partial charge in [-0.25, -0.2) is 0 Å². The smallest absolute Gasteiger partial charge is 0.189 e. The molecule has 6 heteroatoms. The first-order valence-corrected chi connectivity index (χ1v) is 8.77. The minimum Gasteiger partial charge on any atom is -0.619 e. The van der Waals surface area contributed by atoms with E-state index in [-0.39, 0.29) is 0 Å². The first-order valence-electron chi connectivity index (χ1n) is 6.83. The second kappa shape index (κ2) is 6.48. The van der Waals surface area contributed by atoms with Crippen molar-refractivity contribution in [2.45, 2.75) is 4.90 Å². The zero-order chi connectivity index (χ0) is 16.4. The number of nitrogens with zero attached hydrogens (tertiary/aromatic N) is 2. The van der Waals surface area contributed by atoms with Crippen molar-refractivity contribution in [1.29, 1.82) is 0 Å². The Morgan fingerprint density at radius 2 is 1.91 bits per heavy atom. The molecule has 1 atom stereocenters. The summed E-state index contributed by atoms with van der Waals surface area (Å²) in [6.07, 6.45) is 6.08. The summed E-state index contributed by atoms with van der Waals surface area (Å²) >= 11 is 6.09. The lowest BCUT2D eigenvalue weighted by molar-refractivity contribution is -0.604. The number of aromatic nitrogens is 2. The summed E-state index contributed by atoms with van der Waals surface area (Å²) in [6, 6.07) is 12.7. The molecule has 2 aromatic heterocycles. The van der Waals surface area contributed by atoms with Gasteiger partial charge < -0.3 is 5.21 Å². The molecule has 116 valence electrons. The average molecular weight is 345 g/mol. The van der Waals surface area contributed by atoms with E-state index in [2.05, 4.69) is 4.98 Å². The van der Waals surface area contributed by atoms with Crippen LogP contribution in [-0.2, 0) is 10.8 Å². The van der Waals surface area contributed by atoms with E-state index < -0.39 is 10.8 Å². The molecule has 2 heterocycles. The van der Waals surface area contributed by atoms with Crippen LogP contribution in [0.25, 0.3) is 22.4 Å². The Morgan fingerprint density at radius 1 is 1.17 bits per heavy atom. The van der Waals surface area contributed by atoms with Gasteiger partial charge in [0.1, 0.15) is 0 Å². The summed E-state index contributed by atoms with van der Waals surface area (Å²) in [5.74, 6) is 0. The molecule has 4 nitrogen and oxygen atoms in total. The second-order valence-electron chi connectivity index (χ2n) is 4.98. The first-order chi connectivity index (χ1) is 11.0. The van der Waals surface area contributed by atoms with Gasteiger partial charge in [0.25, 0.3) is 0 Å². The topological polar surface area (TPSA) is 56.9 Å². The van der Waals surface area contributed by atoms with E-state index >= 15 is 0 Å². The van der Waals surface area contributed by atoms with E-state index in [4.69, 9.17) is 11.6 Å². The van der Waals surface area contributed by atoms with Crippen molar-refractivity contribution in [3.05, 3.63) is 71.3 Å². The highest BCUT2D eigenvalue weighted by atomic mass is 35.5. The molecule has 0 aliphatic carbocycles. The third kappa shape index (κ3) is 3.41. The zero-order valence-electron chi connectivity index (χ0n) is 12.3. The fourth-order valence-corrected chi connectivity index (χ4v) is 2.99. The van der Waals surface area contributed by atoms with E-state index in [1.54, 1.807) is 18.5 Å². The molecule has 0 radical (unpaired) electrons. The summed E-state index contributed by atoms with van der Waals surface area (Å²) < 4.78 is 12.2. The standard InChI is InChI=1S/C17H13ClN2O2S/c1-23(22)15-6-4-12(5-7-15)16-9-14(18)10-19-17(16)13-3-2-8-20(21)11-13/h2-11H,1H3. The zero-order valence-corrected chi connectivity index (χ0v) is 13.8. The van der Waals surface area contributed by atoms with Crippen molar-refractivity contribution in [2.75, 3.05) is 6.26 Å². The Morgan fingerprint density at radius 3 is 2.57 bits per heavy atom. The van der Waals surface area contributed by atoms with Gasteiger partial charge in [0.2, 0.25) is 0 Å². The molecule has 1 unspecified atom stereocenters. The number of hydrogen-bond donors (Lipinski definition) is 0. The van der Waals surface area contributed by atoms with Crippen molar-refractivity contribution in [3.8, 4) is 22.4 Å². The highest BCUT2D eigenvalue weighted by molar-refractivity contribution is 7.84. The lowest BCUT2D eigenvalue weighted by Gasteiger charge is -2.10. The van der Waals surface area contributed by atoms with Gasteiger partial charge in [-0.15, -0.1) is 0 Å². The summed E-state index contributed by atoms with van der Waals surface area (Å²) in [5, 5.41) is 12.0. The molecule has 0 saturated carbocycles. The van der Waals surface area contributed by atoms with E-state index in [9.17, 15) is 9.42 Å². The number of halogens is 1. The summed E-state index contributed by atoms with van der Waals surface area (Å²) in [6.45, 7) is 0. The predicted octanol–water partition coefficient (Wildman–Crippen LogP) is 3.44. The highest BCUT2D eigenvalue weighted by Gasteiger charge is 2.12. The van der Waals surface area contributed by atoms with Crippen molar-refractivity contribution in [3.63, 3.8) is 0 Å². The number of hydrogen-bond acceptors (Lipinski definition) is 3. The Kier molecular flexibility index (Phi) is 4.41. The van der Waals surface area contributed by atoms with Crippen LogP contribution in [0.15, 0.2) is 66.0 Å². The Balaban J connectivity index is 2.15. The van der Waals surface area contributed by atoms with Crippen molar-refractivity contribution in [2.24, 2.45) is 0 Å². The van der Waals surface area contributed by atoms with Crippen LogP contribution in [0, 0.1) is 5.21 Å². The molecule has 3 rings (SSSR count). The molecule has 0 N–H and O–H groups in total. The molecule has 3 aromatic rings. The normalized spacial score (nSPS) is 12.1. The van der Waals surface area contributed by atoms with Crippen LogP contribution in [-0.4, -0.2) is 15.4 Å². The van der Waals surface area contributed by atoms with Crippen molar-refractivity contribution < 1.29 is 8.94 Å². The summed E-state index contributed by atoms with van der Waals surface area (Å²) in [7, 11) is -1.03. The van der Waals surface area contributed by atoms with Gasteiger partial charge in [-0.3, -0.25) is 9.19 Å². The highest BCUT2D eigenvalue weighted by Crippen LogP contribution is 2.32. The molecule has 0 amide bonds. The maximum atomic E-state index is 11.5. The van der Waals surface area contributed by atoms with E-state index in [0.29, 0.717) is 16.3 Å². The largest absolute Gasteiger partial charge is 0.619 e. The molecule has 0 fully saturated rings. The molecule has 1 aromatic carbocycles. The van der Waals surface area contributed by atoms with Gasteiger partial charge in [-0.1, -0.05) is 23.7 Å². The number of rotatable bonds is 3. The third-order valence-corrected chi connectivity index (χ3v) is 4.54. The fraction of sp³-hybridized carbons (Fsp3) is 0.0588. The molecular formula is C17H13ClN2O2S. The van der Waals surface area contributed by atoms with Crippen LogP contribution in [0.4, 0.5) is 0 Å². The van der Waals surface area contributed by atoms with E-state index in [0.717, 1.165) is 20.8 Å². The molecule has 0 aliphatic rings. The maximum absolute atomic E-state index is 11.5. The van der Waals surface area contributed by atoms with E-state index in [1.165, 1.54) is 12.4 Å². The van der Waals surface area contributed by atoms with Crippen LogP contribution in [0.5, 0.6) is 0 Å². The van der Waals surface area contributed by atoms with Crippen LogP contribution in [0.1, 0.15) is 0 Å². The average Bonchev–Trinajstić information content (AvgIpc) is 2.55. The van der Waals surface area contributed by atoms with Crippen LogP contribution in [0.2, 0.25) is 5.02 Å². The van der Waals surface area contributed by atoms with E-state index in [1.807, 2.05) is 36.4 Å². The Hall–Kier alpha value is -2.24. The quantitative estimate of drug-likeness (QED) is 0.540. The second-order valence-corrected chi connectivity index (χ2v) is 6.80. The molecular weight excluding hydrogens is 332 g/mol. The van der Waals surface area contributed by atoms with Gasteiger partial charge in [0, 0.05) is 39.8 Å². The van der Waals surface area contributed by atoms with Gasteiger partial charge >= 0.3 is 0 Å². The van der Waals surface area contributed by atoms with Crippen molar-refractivity contribution in [1.82, 2.24) is 4.98 Å². The Bertz CT molecular complexity index is 882. The molecule has 0 spiro atoms. The summed E-state index contributed by atoms with van der Waals surface area (Å²) in [5.41, 5.74) is 3.09. The number of benzene rings is 1. The SMILES string of the molecule is CS(=O)c1ccc(-c2cc(Cl)cnc2-c2ccc[n+]([O-])c2)cc1. The molecule has 0 bridgehead atoms. The van der Waals surface area contributed by atoms with Crippen molar-refractivity contribution >= 4 is 22.4 Å². The lowest BCUT2D eigenvalue weighted by atomic mass is 10.0. The van der Waals surface area contributed by atoms with Gasteiger partial charge in [-0.05, 0) is 29.8 Å². The molecule has 23 heavy (non-hydrogen) atoms. The van der Waals surface area contributed by atoms with Crippen LogP contribution < -0.4 is 4.73 Å². The van der Waals surface area contributed by atoms with Gasteiger partial charge in [-0.2, -0.15) is 4.73 Å².